The average molecular weight is 363 g/mol. The molecule has 0 aliphatic heterocycles. The lowest BCUT2D eigenvalue weighted by atomic mass is 9.92. The van der Waals surface area contributed by atoms with E-state index in [0.29, 0.717) is 6.61 Å². The van der Waals surface area contributed by atoms with Gasteiger partial charge in [-0.25, -0.2) is 4.79 Å². The Morgan fingerprint density at radius 1 is 1.19 bits per heavy atom. The van der Waals surface area contributed by atoms with E-state index >= 15 is 0 Å². The molecule has 0 aromatic heterocycles. The number of hydrogen-bond acceptors (Lipinski definition) is 5. The number of hydrogen-bond donors (Lipinski definition) is 2. The van der Waals surface area contributed by atoms with Gasteiger partial charge in [-0.05, 0) is 18.4 Å². The van der Waals surface area contributed by atoms with Gasteiger partial charge in [0.15, 0.2) is 0 Å². The molecule has 26 heavy (non-hydrogen) atoms. The van der Waals surface area contributed by atoms with Crippen molar-refractivity contribution in [2.45, 2.75) is 63.9 Å². The van der Waals surface area contributed by atoms with E-state index in [1.807, 2.05) is 30.3 Å². The van der Waals surface area contributed by atoms with Crippen LogP contribution in [0.3, 0.4) is 0 Å². The first-order valence-corrected chi connectivity index (χ1v) is 8.80. The fourth-order valence-electron chi connectivity index (χ4n) is 3.05. The van der Waals surface area contributed by atoms with E-state index in [4.69, 9.17) is 9.84 Å². The Kier molecular flexibility index (Phi) is 7.59. The number of carbonyl (C=O) groups excluding carboxylic acids is 2. The Hall–Kier alpha value is -2.41. The molecular formula is C19H25NO6. The number of carbonyl (C=O) groups is 3. The molecule has 0 heterocycles. The quantitative estimate of drug-likeness (QED) is 0.685. The molecule has 7 nitrogen and oxygen atoms in total. The highest BCUT2D eigenvalue weighted by atomic mass is 16.6. The van der Waals surface area contributed by atoms with Crippen LogP contribution in [0.5, 0.6) is 0 Å². The predicted octanol–water partition coefficient (Wildman–Crippen LogP) is 2.04. The standard InChI is InChI=1S/C19H25NO6/c1-13(21)26-17(19(23)24)11-18(22)20-15-9-5-6-10-16(15)25-12-14-7-3-2-4-8-14/h2-4,7-8,15-17H,5-6,9-12H2,1H3,(H,20,22)(H,23,24)/t15?,16-,17-/m1/s1. The van der Waals surface area contributed by atoms with Crippen LogP contribution in [-0.4, -0.2) is 41.2 Å². The van der Waals surface area contributed by atoms with Gasteiger partial charge in [-0.2, -0.15) is 0 Å². The molecule has 1 aromatic carbocycles. The summed E-state index contributed by atoms with van der Waals surface area (Å²) < 4.78 is 10.7. The van der Waals surface area contributed by atoms with Gasteiger partial charge in [0.1, 0.15) is 0 Å². The number of esters is 1. The fourth-order valence-corrected chi connectivity index (χ4v) is 3.05. The number of carboxylic acid groups (broad SMARTS) is 1. The van der Waals surface area contributed by atoms with Gasteiger partial charge in [0.05, 0.1) is 25.2 Å². The van der Waals surface area contributed by atoms with E-state index in [2.05, 4.69) is 10.1 Å². The van der Waals surface area contributed by atoms with Gasteiger partial charge in [-0.15, -0.1) is 0 Å². The highest BCUT2D eigenvalue weighted by Gasteiger charge is 2.30. The summed E-state index contributed by atoms with van der Waals surface area (Å²) in [5.74, 6) is -2.53. The molecule has 7 heteroatoms. The number of amides is 1. The van der Waals surface area contributed by atoms with Gasteiger partial charge >= 0.3 is 11.9 Å². The minimum absolute atomic E-state index is 0.120. The zero-order chi connectivity index (χ0) is 18.9. The summed E-state index contributed by atoms with van der Waals surface area (Å²) in [5, 5.41) is 11.9. The van der Waals surface area contributed by atoms with E-state index in [1.54, 1.807) is 0 Å². The largest absolute Gasteiger partial charge is 0.478 e. The topological polar surface area (TPSA) is 102 Å². The summed E-state index contributed by atoms with van der Waals surface area (Å²) in [6.07, 6.45) is 1.61. The summed E-state index contributed by atoms with van der Waals surface area (Å²) in [6, 6.07) is 9.61. The Labute approximate surface area is 152 Å². The van der Waals surface area contributed by atoms with Gasteiger partial charge in [0, 0.05) is 6.92 Å². The first-order valence-electron chi connectivity index (χ1n) is 8.80. The summed E-state index contributed by atoms with van der Waals surface area (Å²) in [5.41, 5.74) is 1.06. The second-order valence-corrected chi connectivity index (χ2v) is 6.43. The predicted molar refractivity (Wildman–Crippen MR) is 93.2 cm³/mol. The van der Waals surface area contributed by atoms with Gasteiger partial charge < -0.3 is 19.9 Å². The summed E-state index contributed by atoms with van der Waals surface area (Å²) in [4.78, 5) is 34.3. The summed E-state index contributed by atoms with van der Waals surface area (Å²) in [6.45, 7) is 1.57. The number of benzene rings is 1. The van der Waals surface area contributed by atoms with Crippen molar-refractivity contribution in [3.63, 3.8) is 0 Å². The van der Waals surface area contributed by atoms with Gasteiger partial charge in [0.2, 0.25) is 12.0 Å². The molecule has 3 atom stereocenters. The van der Waals surface area contributed by atoms with Crippen LogP contribution in [0.2, 0.25) is 0 Å². The molecule has 1 saturated carbocycles. The Morgan fingerprint density at radius 3 is 2.54 bits per heavy atom. The normalized spacial score (nSPS) is 20.8. The molecule has 1 aliphatic rings. The third-order valence-electron chi connectivity index (χ3n) is 4.31. The van der Waals surface area contributed by atoms with Gasteiger partial charge in [0.25, 0.3) is 0 Å². The summed E-state index contributed by atoms with van der Waals surface area (Å²) in [7, 11) is 0. The second kappa shape index (κ2) is 9.91. The molecule has 1 fully saturated rings. The molecule has 1 aromatic rings. The minimum atomic E-state index is -1.47. The lowest BCUT2D eigenvalue weighted by Gasteiger charge is -2.32. The molecule has 142 valence electrons. The minimum Gasteiger partial charge on any atom is -0.478 e. The SMILES string of the molecule is CC(=O)O[C@H](CC(=O)NC1CCCC[C@H]1OCc1ccccc1)C(=O)O. The van der Waals surface area contributed by atoms with E-state index < -0.39 is 30.4 Å². The van der Waals surface area contributed by atoms with Crippen LogP contribution >= 0.6 is 0 Å². The first kappa shape index (κ1) is 19.9. The van der Waals surface area contributed by atoms with E-state index in [1.165, 1.54) is 0 Å². The van der Waals surface area contributed by atoms with Crippen molar-refractivity contribution in [3.8, 4) is 0 Å². The lowest BCUT2D eigenvalue weighted by molar-refractivity contribution is -0.164. The summed E-state index contributed by atoms with van der Waals surface area (Å²) >= 11 is 0. The number of nitrogens with one attached hydrogen (secondary N) is 1. The Balaban J connectivity index is 1.88. The van der Waals surface area contributed by atoms with Crippen molar-refractivity contribution in [1.82, 2.24) is 5.32 Å². The van der Waals surface area contributed by atoms with Crippen LogP contribution in [-0.2, 0) is 30.5 Å². The molecule has 0 radical (unpaired) electrons. The molecule has 2 N–H and O–H groups in total. The molecule has 2 rings (SSSR count). The maximum absolute atomic E-state index is 12.2. The van der Waals surface area contributed by atoms with Crippen molar-refractivity contribution in [2.24, 2.45) is 0 Å². The van der Waals surface area contributed by atoms with E-state index in [-0.39, 0.29) is 12.1 Å². The van der Waals surface area contributed by atoms with Crippen molar-refractivity contribution in [1.29, 1.82) is 0 Å². The molecular weight excluding hydrogens is 338 g/mol. The van der Waals surface area contributed by atoms with E-state index in [9.17, 15) is 14.4 Å². The molecule has 0 bridgehead atoms. The number of rotatable bonds is 8. The van der Waals surface area contributed by atoms with Crippen molar-refractivity contribution in [3.05, 3.63) is 35.9 Å². The van der Waals surface area contributed by atoms with Crippen molar-refractivity contribution in [2.75, 3.05) is 0 Å². The Bertz CT molecular complexity index is 618. The monoisotopic (exact) mass is 363 g/mol. The highest BCUT2D eigenvalue weighted by Crippen LogP contribution is 2.22. The van der Waals surface area contributed by atoms with Crippen LogP contribution in [0.25, 0.3) is 0 Å². The first-order chi connectivity index (χ1) is 12.5. The number of carboxylic acids is 1. The molecule has 1 amide bonds. The molecule has 0 saturated heterocycles. The molecule has 1 aliphatic carbocycles. The maximum atomic E-state index is 12.2. The number of aliphatic carboxylic acids is 1. The third kappa shape index (κ3) is 6.48. The maximum Gasteiger partial charge on any atom is 0.345 e. The van der Waals surface area contributed by atoms with Gasteiger partial charge in [-0.3, -0.25) is 9.59 Å². The van der Waals surface area contributed by atoms with Crippen molar-refractivity contribution < 1.29 is 29.0 Å². The van der Waals surface area contributed by atoms with Crippen LogP contribution in [0.1, 0.15) is 44.6 Å². The van der Waals surface area contributed by atoms with Crippen LogP contribution in [0.15, 0.2) is 30.3 Å². The zero-order valence-corrected chi connectivity index (χ0v) is 14.8. The van der Waals surface area contributed by atoms with Crippen LogP contribution in [0, 0.1) is 0 Å². The fraction of sp³-hybridized carbons (Fsp3) is 0.526. The lowest BCUT2D eigenvalue weighted by Crippen LogP contribution is -2.47. The van der Waals surface area contributed by atoms with Crippen LogP contribution < -0.4 is 5.32 Å². The smallest absolute Gasteiger partial charge is 0.345 e. The second-order valence-electron chi connectivity index (χ2n) is 6.43. The average Bonchev–Trinajstić information content (AvgIpc) is 2.61. The zero-order valence-electron chi connectivity index (χ0n) is 14.8. The van der Waals surface area contributed by atoms with Gasteiger partial charge in [-0.1, -0.05) is 43.2 Å². The Morgan fingerprint density at radius 2 is 1.88 bits per heavy atom. The van der Waals surface area contributed by atoms with Crippen LogP contribution in [0.4, 0.5) is 0 Å². The van der Waals surface area contributed by atoms with Crippen molar-refractivity contribution >= 4 is 17.8 Å². The molecule has 0 spiro atoms. The number of ether oxygens (including phenoxy) is 2. The third-order valence-corrected chi connectivity index (χ3v) is 4.31. The highest BCUT2D eigenvalue weighted by molar-refractivity contribution is 5.85. The molecule has 1 unspecified atom stereocenters. The van der Waals surface area contributed by atoms with E-state index in [0.717, 1.165) is 38.2 Å².